The van der Waals surface area contributed by atoms with E-state index in [0.29, 0.717) is 47.6 Å². The van der Waals surface area contributed by atoms with Gasteiger partial charge in [0.05, 0.1) is 0 Å². The second-order valence-corrected chi connectivity index (χ2v) is 12.9. The van der Waals surface area contributed by atoms with Gasteiger partial charge in [0.2, 0.25) is 0 Å². The molecule has 0 amide bonds. The van der Waals surface area contributed by atoms with Crippen molar-refractivity contribution >= 4 is 24.2 Å². The lowest BCUT2D eigenvalue weighted by atomic mass is 9.63. The van der Waals surface area contributed by atoms with Crippen LogP contribution in [0.25, 0.3) is 0 Å². The fourth-order valence-corrected chi connectivity index (χ4v) is 6.85. The van der Waals surface area contributed by atoms with Gasteiger partial charge in [0, 0.05) is 24.7 Å². The first-order valence-electron chi connectivity index (χ1n) is 15.0. The molecular weight excluding hydrogens is 460 g/mol. The fourth-order valence-electron chi connectivity index (χ4n) is 6.56. The van der Waals surface area contributed by atoms with Crippen molar-refractivity contribution in [2.24, 2.45) is 34.5 Å². The van der Waals surface area contributed by atoms with E-state index in [9.17, 15) is 9.59 Å². The highest BCUT2D eigenvalue weighted by molar-refractivity contribution is 7.80. The Balaban J connectivity index is 0.000000325. The van der Waals surface area contributed by atoms with Crippen LogP contribution in [-0.4, -0.2) is 17.3 Å². The summed E-state index contributed by atoms with van der Waals surface area (Å²) in [7, 11) is 0. The first-order valence-corrected chi connectivity index (χ1v) is 15.6. The molecule has 0 N–H and O–H groups in total. The quantitative estimate of drug-likeness (QED) is 0.243. The van der Waals surface area contributed by atoms with Crippen LogP contribution in [0.3, 0.4) is 0 Å². The summed E-state index contributed by atoms with van der Waals surface area (Å²) in [5.74, 6) is 3.59. The van der Waals surface area contributed by atoms with Gasteiger partial charge in [0.25, 0.3) is 0 Å². The summed E-state index contributed by atoms with van der Waals surface area (Å²) < 4.78 is 0. The standard InChI is InChI=1S/C16H26O.C14H24OS.C3H8/c1-3-4-7-15(17)14-12-16(9-5-6-10-16)11-8-13(14)2;1-4-5-6-13(15)12-9-14(3,10-16)8-7-11(12)2;1-3-2/h3,13-14H,1,4-12H2,2H3;4,11-12,16H,1,5-10H2,2-3H3;3H2,1-2H3. The number of rotatable bonds is 9. The summed E-state index contributed by atoms with van der Waals surface area (Å²) in [5.41, 5.74) is 0.825. The van der Waals surface area contributed by atoms with Crippen molar-refractivity contribution < 1.29 is 9.59 Å². The normalized spacial score (nSPS) is 30.8. The van der Waals surface area contributed by atoms with Gasteiger partial charge in [-0.15, -0.1) is 13.2 Å². The van der Waals surface area contributed by atoms with Gasteiger partial charge in [0.15, 0.2) is 0 Å². The molecule has 3 aliphatic carbocycles. The first-order chi connectivity index (χ1) is 17.1. The van der Waals surface area contributed by atoms with Crippen LogP contribution in [0.4, 0.5) is 0 Å². The minimum Gasteiger partial charge on any atom is -0.299 e. The molecule has 3 saturated carbocycles. The molecule has 3 fully saturated rings. The van der Waals surface area contributed by atoms with Gasteiger partial charge >= 0.3 is 0 Å². The van der Waals surface area contributed by atoms with Crippen molar-refractivity contribution in [3.05, 3.63) is 25.3 Å². The average Bonchev–Trinajstić information content (AvgIpc) is 3.33. The van der Waals surface area contributed by atoms with E-state index in [1.165, 1.54) is 64.2 Å². The monoisotopic (exact) mass is 518 g/mol. The predicted octanol–water partition coefficient (Wildman–Crippen LogP) is 9.83. The zero-order chi connectivity index (χ0) is 27.2. The summed E-state index contributed by atoms with van der Waals surface area (Å²) in [6.45, 7) is 18.4. The number of hydrogen-bond donors (Lipinski definition) is 1. The summed E-state index contributed by atoms with van der Waals surface area (Å²) >= 11 is 4.43. The van der Waals surface area contributed by atoms with Gasteiger partial charge < -0.3 is 0 Å². The van der Waals surface area contributed by atoms with E-state index in [1.807, 2.05) is 12.2 Å². The Morgan fingerprint density at radius 3 is 1.72 bits per heavy atom. The van der Waals surface area contributed by atoms with E-state index < -0.39 is 0 Å². The van der Waals surface area contributed by atoms with Gasteiger partial charge in [-0.1, -0.05) is 66.0 Å². The molecule has 0 aliphatic heterocycles. The zero-order valence-corrected chi connectivity index (χ0v) is 25.4. The van der Waals surface area contributed by atoms with Gasteiger partial charge in [-0.25, -0.2) is 0 Å². The zero-order valence-electron chi connectivity index (χ0n) is 24.5. The van der Waals surface area contributed by atoms with Crippen molar-refractivity contribution in [1.29, 1.82) is 0 Å². The molecule has 2 nitrogen and oxygen atoms in total. The third-order valence-electron chi connectivity index (χ3n) is 9.14. The Morgan fingerprint density at radius 1 is 0.833 bits per heavy atom. The van der Waals surface area contributed by atoms with Gasteiger partial charge in [-0.2, -0.15) is 12.6 Å². The van der Waals surface area contributed by atoms with Crippen LogP contribution in [0.5, 0.6) is 0 Å². The summed E-state index contributed by atoms with van der Waals surface area (Å²) in [5, 5.41) is 0. The van der Waals surface area contributed by atoms with Crippen molar-refractivity contribution in [2.45, 2.75) is 131 Å². The predicted molar refractivity (Wildman–Crippen MR) is 161 cm³/mol. The average molecular weight is 519 g/mol. The first kappa shape index (κ1) is 33.2. The maximum Gasteiger partial charge on any atom is 0.136 e. The molecule has 0 aromatic heterocycles. The van der Waals surface area contributed by atoms with E-state index >= 15 is 0 Å². The van der Waals surface area contributed by atoms with E-state index in [1.54, 1.807) is 0 Å². The second-order valence-electron chi connectivity index (χ2n) is 12.6. The number of carbonyl (C=O) groups is 2. The van der Waals surface area contributed by atoms with E-state index in [2.05, 4.69) is 60.4 Å². The van der Waals surface area contributed by atoms with Crippen molar-refractivity contribution in [2.75, 3.05) is 5.75 Å². The van der Waals surface area contributed by atoms with Crippen LogP contribution in [0.2, 0.25) is 0 Å². The van der Waals surface area contributed by atoms with Gasteiger partial charge in [-0.3, -0.25) is 9.59 Å². The molecule has 36 heavy (non-hydrogen) atoms. The maximum absolute atomic E-state index is 12.3. The second kappa shape index (κ2) is 16.9. The Labute approximate surface area is 230 Å². The molecule has 5 atom stereocenters. The lowest BCUT2D eigenvalue weighted by molar-refractivity contribution is -0.127. The highest BCUT2D eigenvalue weighted by Crippen LogP contribution is 2.52. The Kier molecular flexibility index (Phi) is 15.6. The summed E-state index contributed by atoms with van der Waals surface area (Å²) in [4.78, 5) is 24.4. The number of ketones is 2. The van der Waals surface area contributed by atoms with Crippen LogP contribution in [-0.2, 0) is 9.59 Å². The fraction of sp³-hybridized carbons (Fsp3) is 0.818. The number of allylic oxidation sites excluding steroid dienone is 2. The largest absolute Gasteiger partial charge is 0.299 e. The molecule has 5 unspecified atom stereocenters. The Bertz CT molecular complexity index is 677. The number of Topliss-reactive ketones (excluding diaryl/α,β-unsaturated/α-hetero) is 2. The number of thiol groups is 1. The van der Waals surface area contributed by atoms with Gasteiger partial charge in [-0.05, 0) is 92.6 Å². The summed E-state index contributed by atoms with van der Waals surface area (Å²) in [6, 6.07) is 0. The summed E-state index contributed by atoms with van der Waals surface area (Å²) in [6.07, 6.45) is 20.8. The minimum atomic E-state index is 0.255. The third kappa shape index (κ3) is 10.5. The molecule has 3 rings (SSSR count). The van der Waals surface area contributed by atoms with Gasteiger partial charge in [0.1, 0.15) is 11.6 Å². The van der Waals surface area contributed by atoms with Crippen LogP contribution >= 0.6 is 12.6 Å². The molecule has 3 aliphatic rings. The molecule has 0 aromatic rings. The Morgan fingerprint density at radius 2 is 1.28 bits per heavy atom. The molecular formula is C33H58O2S. The molecule has 3 heteroatoms. The Hall–Kier alpha value is -0.830. The van der Waals surface area contributed by atoms with Crippen LogP contribution < -0.4 is 0 Å². The van der Waals surface area contributed by atoms with Crippen molar-refractivity contribution in [3.63, 3.8) is 0 Å². The molecule has 0 bridgehead atoms. The maximum atomic E-state index is 12.3. The highest BCUT2D eigenvalue weighted by Gasteiger charge is 2.43. The van der Waals surface area contributed by atoms with Crippen molar-refractivity contribution in [1.82, 2.24) is 0 Å². The molecule has 208 valence electrons. The number of carbonyl (C=O) groups excluding carboxylic acids is 2. The minimum absolute atomic E-state index is 0.255. The topological polar surface area (TPSA) is 34.1 Å². The van der Waals surface area contributed by atoms with E-state index in [4.69, 9.17) is 0 Å². The molecule has 0 heterocycles. The van der Waals surface area contributed by atoms with Crippen LogP contribution in [0, 0.1) is 34.5 Å². The lowest BCUT2D eigenvalue weighted by Crippen LogP contribution is -2.36. The van der Waals surface area contributed by atoms with Crippen LogP contribution in [0.15, 0.2) is 25.3 Å². The molecule has 0 radical (unpaired) electrons. The third-order valence-corrected chi connectivity index (χ3v) is 9.90. The highest BCUT2D eigenvalue weighted by atomic mass is 32.1. The van der Waals surface area contributed by atoms with Crippen LogP contribution in [0.1, 0.15) is 131 Å². The molecule has 0 aromatic carbocycles. The van der Waals surface area contributed by atoms with E-state index in [0.717, 1.165) is 25.0 Å². The molecule has 1 spiro atoms. The number of hydrogen-bond acceptors (Lipinski definition) is 3. The smallest absolute Gasteiger partial charge is 0.136 e. The van der Waals surface area contributed by atoms with E-state index in [-0.39, 0.29) is 11.3 Å². The lowest BCUT2D eigenvalue weighted by Gasteiger charge is -2.41. The SMILES string of the molecule is C=CCCC(=O)C1CC(C)(CS)CCC1C.C=CCCC(=O)C1CC2(CCCC2)CCC1C.CCC. The molecule has 0 saturated heterocycles. The van der Waals surface area contributed by atoms with Crippen molar-refractivity contribution in [3.8, 4) is 0 Å².